The second-order valence-electron chi connectivity index (χ2n) is 3.59. The molecule has 2 aromatic rings. The van der Waals surface area contributed by atoms with Crippen LogP contribution in [0.4, 0.5) is 5.69 Å². The second kappa shape index (κ2) is 6.53. The summed E-state index contributed by atoms with van der Waals surface area (Å²) in [5.41, 5.74) is 0.602. The van der Waals surface area contributed by atoms with Crippen LogP contribution in [-0.2, 0) is 11.3 Å². The summed E-state index contributed by atoms with van der Waals surface area (Å²) in [6.45, 7) is 2.60. The number of thioether (sulfide) groups is 1. The lowest BCUT2D eigenvalue weighted by atomic mass is 10.3. The fraction of sp³-hybridized carbons (Fsp3) is 0.273. The molecule has 1 aromatic carbocycles. The average molecular weight is 298 g/mol. The largest absolute Gasteiger partial charge is 0.324 e. The van der Waals surface area contributed by atoms with E-state index >= 15 is 0 Å². The lowest BCUT2D eigenvalue weighted by Gasteiger charge is -2.06. The Morgan fingerprint density at radius 1 is 1.47 bits per heavy atom. The summed E-state index contributed by atoms with van der Waals surface area (Å²) in [5.74, 6) is 0.0785. The van der Waals surface area contributed by atoms with E-state index in [0.717, 1.165) is 0 Å². The third kappa shape index (κ3) is 3.68. The minimum absolute atomic E-state index is 0.149. The van der Waals surface area contributed by atoms with E-state index in [1.54, 1.807) is 16.8 Å². The van der Waals surface area contributed by atoms with Gasteiger partial charge in [-0.25, -0.2) is 4.68 Å². The minimum Gasteiger partial charge on any atom is -0.324 e. The Labute approximate surface area is 119 Å². The van der Waals surface area contributed by atoms with E-state index in [-0.39, 0.29) is 11.7 Å². The molecular formula is C11H12ClN5OS. The zero-order valence-electron chi connectivity index (χ0n) is 10.2. The molecule has 0 spiro atoms. The van der Waals surface area contributed by atoms with Crippen molar-refractivity contribution < 1.29 is 4.79 Å². The fourth-order valence-electron chi connectivity index (χ4n) is 1.38. The van der Waals surface area contributed by atoms with Crippen molar-refractivity contribution in [2.75, 3.05) is 11.1 Å². The van der Waals surface area contributed by atoms with E-state index in [4.69, 9.17) is 11.6 Å². The number of rotatable bonds is 5. The van der Waals surface area contributed by atoms with Gasteiger partial charge < -0.3 is 5.32 Å². The van der Waals surface area contributed by atoms with Gasteiger partial charge in [-0.05, 0) is 29.5 Å². The molecule has 2 rings (SSSR count). The molecule has 1 aromatic heterocycles. The zero-order chi connectivity index (χ0) is 13.7. The van der Waals surface area contributed by atoms with Crippen LogP contribution in [-0.4, -0.2) is 31.9 Å². The van der Waals surface area contributed by atoms with E-state index < -0.39 is 0 Å². The predicted molar refractivity (Wildman–Crippen MR) is 74.3 cm³/mol. The van der Waals surface area contributed by atoms with Crippen LogP contribution in [0.2, 0.25) is 5.02 Å². The summed E-state index contributed by atoms with van der Waals surface area (Å²) in [6, 6.07) is 7.09. The molecule has 6 nitrogen and oxygen atoms in total. The highest BCUT2D eigenvalue weighted by Crippen LogP contribution is 2.21. The van der Waals surface area contributed by atoms with Crippen LogP contribution in [0.5, 0.6) is 0 Å². The average Bonchev–Trinajstić information content (AvgIpc) is 2.86. The van der Waals surface area contributed by atoms with Gasteiger partial charge in [0.15, 0.2) is 0 Å². The third-order valence-electron chi connectivity index (χ3n) is 2.28. The van der Waals surface area contributed by atoms with Crippen LogP contribution in [0.25, 0.3) is 0 Å². The van der Waals surface area contributed by atoms with Crippen LogP contribution >= 0.6 is 23.4 Å². The lowest BCUT2D eigenvalue weighted by molar-refractivity contribution is -0.113. The van der Waals surface area contributed by atoms with Gasteiger partial charge in [0, 0.05) is 6.54 Å². The molecule has 19 heavy (non-hydrogen) atoms. The number of benzene rings is 1. The first-order valence-corrected chi connectivity index (χ1v) is 7.00. The van der Waals surface area contributed by atoms with Crippen molar-refractivity contribution in [2.45, 2.75) is 18.6 Å². The molecule has 0 saturated carbocycles. The van der Waals surface area contributed by atoms with E-state index in [2.05, 4.69) is 20.8 Å². The molecule has 0 atom stereocenters. The van der Waals surface area contributed by atoms with Gasteiger partial charge in [-0.2, -0.15) is 0 Å². The quantitative estimate of drug-likeness (QED) is 0.855. The number of carbonyl (C=O) groups excluding carboxylic acids is 1. The number of nitrogens with zero attached hydrogens (tertiary/aromatic N) is 4. The number of hydrogen-bond acceptors (Lipinski definition) is 5. The molecule has 0 aliphatic rings. The number of hydrogen-bond donors (Lipinski definition) is 1. The monoisotopic (exact) mass is 297 g/mol. The standard InChI is InChI=1S/C11H12ClN5OS/c1-2-17-11(14-15-16-17)19-7-10(18)13-9-6-4-3-5-8(9)12/h3-6H,2,7H2,1H3,(H,13,18). The van der Waals surface area contributed by atoms with Crippen molar-refractivity contribution >= 4 is 35.0 Å². The molecule has 0 unspecified atom stereocenters. The van der Waals surface area contributed by atoms with Gasteiger partial charge in [0.1, 0.15) is 0 Å². The first-order valence-electron chi connectivity index (χ1n) is 5.64. The van der Waals surface area contributed by atoms with Crippen molar-refractivity contribution in [1.82, 2.24) is 20.2 Å². The van der Waals surface area contributed by atoms with E-state index in [1.165, 1.54) is 11.8 Å². The first-order chi connectivity index (χ1) is 9.20. The molecule has 0 bridgehead atoms. The summed E-state index contributed by atoms with van der Waals surface area (Å²) in [6.07, 6.45) is 0. The molecule has 0 radical (unpaired) electrons. The normalized spacial score (nSPS) is 10.4. The summed E-state index contributed by atoms with van der Waals surface area (Å²) >= 11 is 7.24. The summed E-state index contributed by atoms with van der Waals surface area (Å²) in [4.78, 5) is 11.8. The maximum absolute atomic E-state index is 11.8. The Bertz CT molecular complexity index is 574. The van der Waals surface area contributed by atoms with Crippen LogP contribution in [0.1, 0.15) is 6.92 Å². The first kappa shape index (κ1) is 13.8. The van der Waals surface area contributed by atoms with Crippen LogP contribution in [0, 0.1) is 0 Å². The van der Waals surface area contributed by atoms with Gasteiger partial charge in [-0.3, -0.25) is 4.79 Å². The lowest BCUT2D eigenvalue weighted by Crippen LogP contribution is -2.15. The Morgan fingerprint density at radius 2 is 2.26 bits per heavy atom. The van der Waals surface area contributed by atoms with Crippen molar-refractivity contribution in [3.63, 3.8) is 0 Å². The Kier molecular flexibility index (Phi) is 4.75. The maximum atomic E-state index is 11.8. The number of nitrogens with one attached hydrogen (secondary N) is 1. The number of amides is 1. The summed E-state index contributed by atoms with van der Waals surface area (Å²) < 4.78 is 1.63. The molecule has 100 valence electrons. The summed E-state index contributed by atoms with van der Waals surface area (Å²) in [7, 11) is 0. The van der Waals surface area contributed by atoms with E-state index in [0.29, 0.717) is 22.4 Å². The number of halogens is 1. The van der Waals surface area contributed by atoms with E-state index in [1.807, 2.05) is 19.1 Å². The number of carbonyl (C=O) groups is 1. The molecule has 0 fully saturated rings. The van der Waals surface area contributed by atoms with Crippen molar-refractivity contribution in [2.24, 2.45) is 0 Å². The van der Waals surface area contributed by atoms with Gasteiger partial charge in [0.05, 0.1) is 16.5 Å². The number of aryl methyl sites for hydroxylation is 1. The molecule has 1 heterocycles. The fourth-order valence-corrected chi connectivity index (χ4v) is 2.30. The van der Waals surface area contributed by atoms with Crippen LogP contribution < -0.4 is 5.32 Å². The summed E-state index contributed by atoms with van der Waals surface area (Å²) in [5, 5.41) is 15.1. The number of aromatic nitrogens is 4. The van der Waals surface area contributed by atoms with Crippen molar-refractivity contribution in [3.05, 3.63) is 29.3 Å². The van der Waals surface area contributed by atoms with Crippen molar-refractivity contribution in [1.29, 1.82) is 0 Å². The van der Waals surface area contributed by atoms with Gasteiger partial charge in [0.2, 0.25) is 11.1 Å². The third-order valence-corrected chi connectivity index (χ3v) is 3.57. The molecule has 0 aliphatic heterocycles. The number of anilines is 1. The van der Waals surface area contributed by atoms with Crippen molar-refractivity contribution in [3.8, 4) is 0 Å². The topological polar surface area (TPSA) is 72.7 Å². The Hall–Kier alpha value is -1.60. The SMILES string of the molecule is CCn1nnnc1SCC(=O)Nc1ccccc1Cl. The molecular weight excluding hydrogens is 286 g/mol. The van der Waals surface area contributed by atoms with Gasteiger partial charge >= 0.3 is 0 Å². The van der Waals surface area contributed by atoms with Crippen LogP contribution in [0.15, 0.2) is 29.4 Å². The molecule has 0 saturated heterocycles. The smallest absolute Gasteiger partial charge is 0.234 e. The second-order valence-corrected chi connectivity index (χ2v) is 4.94. The molecule has 1 N–H and O–H groups in total. The highest BCUT2D eigenvalue weighted by Gasteiger charge is 2.10. The van der Waals surface area contributed by atoms with Gasteiger partial charge in [-0.1, -0.05) is 35.5 Å². The van der Waals surface area contributed by atoms with Gasteiger partial charge in [-0.15, -0.1) is 5.10 Å². The number of para-hydroxylation sites is 1. The maximum Gasteiger partial charge on any atom is 0.234 e. The zero-order valence-corrected chi connectivity index (χ0v) is 11.8. The highest BCUT2D eigenvalue weighted by molar-refractivity contribution is 7.99. The molecule has 8 heteroatoms. The minimum atomic E-state index is -0.149. The number of tetrazole rings is 1. The van der Waals surface area contributed by atoms with Gasteiger partial charge in [0.25, 0.3) is 0 Å². The molecule has 0 aliphatic carbocycles. The Balaban J connectivity index is 1.90. The highest BCUT2D eigenvalue weighted by atomic mass is 35.5. The van der Waals surface area contributed by atoms with E-state index in [9.17, 15) is 4.79 Å². The van der Waals surface area contributed by atoms with Crippen LogP contribution in [0.3, 0.4) is 0 Å². The predicted octanol–water partition coefficient (Wildman–Crippen LogP) is 2.08. The Morgan fingerprint density at radius 3 is 3.00 bits per heavy atom. The molecule has 1 amide bonds.